The van der Waals surface area contributed by atoms with Crippen molar-refractivity contribution in [2.45, 2.75) is 32.6 Å². The lowest BCUT2D eigenvalue weighted by Crippen LogP contribution is -2.36. The Labute approximate surface area is 123 Å². The van der Waals surface area contributed by atoms with Gasteiger partial charge in [0.05, 0.1) is 0 Å². The van der Waals surface area contributed by atoms with Crippen LogP contribution in [0.3, 0.4) is 0 Å². The number of carbonyl (C=O) groups is 1. The van der Waals surface area contributed by atoms with Crippen molar-refractivity contribution in [1.29, 1.82) is 0 Å². The summed E-state index contributed by atoms with van der Waals surface area (Å²) in [4.78, 5) is 17.3. The Hall–Kier alpha value is -2.11. The van der Waals surface area contributed by atoms with E-state index >= 15 is 0 Å². The number of aryl methyl sites for hydroxylation is 1. The van der Waals surface area contributed by atoms with Crippen LogP contribution in [0.5, 0.6) is 0 Å². The molecule has 3 heterocycles. The van der Waals surface area contributed by atoms with E-state index in [1.807, 2.05) is 10.6 Å². The molecule has 6 nitrogen and oxygen atoms in total. The van der Waals surface area contributed by atoms with Crippen LogP contribution in [0, 0.1) is 12.8 Å². The van der Waals surface area contributed by atoms with E-state index in [0.29, 0.717) is 5.92 Å². The number of pyridine rings is 1. The summed E-state index contributed by atoms with van der Waals surface area (Å²) < 4.78 is 1.87. The largest absolute Gasteiger partial charge is 0.481 e. The molecule has 1 atom stereocenters. The molecule has 0 saturated carbocycles. The van der Waals surface area contributed by atoms with Crippen LogP contribution in [-0.2, 0) is 4.79 Å². The number of carboxylic acids is 1. The predicted octanol–water partition coefficient (Wildman–Crippen LogP) is 2.12. The van der Waals surface area contributed by atoms with Gasteiger partial charge in [-0.25, -0.2) is 4.98 Å². The van der Waals surface area contributed by atoms with Gasteiger partial charge < -0.3 is 10.0 Å². The van der Waals surface area contributed by atoms with E-state index in [1.165, 1.54) is 0 Å². The summed E-state index contributed by atoms with van der Waals surface area (Å²) in [6, 6.07) is 4.14. The van der Waals surface area contributed by atoms with E-state index < -0.39 is 5.97 Å². The van der Waals surface area contributed by atoms with Crippen molar-refractivity contribution < 1.29 is 9.90 Å². The second-order valence-electron chi connectivity index (χ2n) is 5.81. The fourth-order valence-electron chi connectivity index (χ4n) is 3.10. The maximum atomic E-state index is 10.7. The predicted molar refractivity (Wildman–Crippen MR) is 79.5 cm³/mol. The molecule has 0 bridgehead atoms. The molecule has 2 aromatic heterocycles. The maximum Gasteiger partial charge on any atom is 0.303 e. The highest BCUT2D eigenvalue weighted by atomic mass is 16.4. The topological polar surface area (TPSA) is 70.7 Å². The fourth-order valence-corrected chi connectivity index (χ4v) is 3.10. The van der Waals surface area contributed by atoms with Crippen LogP contribution in [0.1, 0.15) is 31.2 Å². The van der Waals surface area contributed by atoms with Gasteiger partial charge in [0, 0.05) is 19.5 Å². The summed E-state index contributed by atoms with van der Waals surface area (Å²) in [6.07, 6.45) is 4.78. The Bertz CT molecular complexity index is 652. The third-order valence-corrected chi connectivity index (χ3v) is 4.11. The van der Waals surface area contributed by atoms with Crippen molar-refractivity contribution in [3.05, 3.63) is 24.0 Å². The van der Waals surface area contributed by atoms with Crippen molar-refractivity contribution in [2.75, 3.05) is 18.0 Å². The van der Waals surface area contributed by atoms with Crippen LogP contribution >= 0.6 is 0 Å². The molecule has 1 unspecified atom stereocenters. The Morgan fingerprint density at radius 3 is 3.14 bits per heavy atom. The highest BCUT2D eigenvalue weighted by Gasteiger charge is 2.22. The van der Waals surface area contributed by atoms with Gasteiger partial charge in [0.25, 0.3) is 0 Å². The molecule has 0 aliphatic carbocycles. The molecule has 21 heavy (non-hydrogen) atoms. The number of aliphatic carboxylic acids is 1. The Balaban J connectivity index is 1.81. The van der Waals surface area contributed by atoms with E-state index in [2.05, 4.69) is 28.0 Å². The molecule has 3 rings (SSSR count). The number of nitrogens with zero attached hydrogens (tertiary/aromatic N) is 4. The maximum absolute atomic E-state index is 10.7. The van der Waals surface area contributed by atoms with Gasteiger partial charge in [-0.15, -0.1) is 0 Å². The highest BCUT2D eigenvalue weighted by Crippen LogP contribution is 2.26. The first-order valence-corrected chi connectivity index (χ1v) is 7.40. The van der Waals surface area contributed by atoms with Crippen LogP contribution in [0.25, 0.3) is 5.65 Å². The van der Waals surface area contributed by atoms with Crippen molar-refractivity contribution in [2.24, 2.45) is 5.92 Å². The van der Waals surface area contributed by atoms with Crippen LogP contribution in [-0.4, -0.2) is 38.8 Å². The Morgan fingerprint density at radius 2 is 2.33 bits per heavy atom. The lowest BCUT2D eigenvalue weighted by molar-refractivity contribution is -0.137. The summed E-state index contributed by atoms with van der Waals surface area (Å²) in [5.74, 6) is 0.790. The van der Waals surface area contributed by atoms with E-state index in [1.54, 1.807) is 6.33 Å². The quantitative estimate of drug-likeness (QED) is 0.933. The lowest BCUT2D eigenvalue weighted by atomic mass is 9.93. The first-order chi connectivity index (χ1) is 10.1. The van der Waals surface area contributed by atoms with Gasteiger partial charge in [0.1, 0.15) is 12.1 Å². The van der Waals surface area contributed by atoms with Gasteiger partial charge in [-0.3, -0.25) is 4.79 Å². The first kappa shape index (κ1) is 13.9. The van der Waals surface area contributed by atoms with Gasteiger partial charge in [0.2, 0.25) is 0 Å². The summed E-state index contributed by atoms with van der Waals surface area (Å²) in [5.41, 5.74) is 2.02. The van der Waals surface area contributed by atoms with Crippen LogP contribution in [0.4, 0.5) is 5.82 Å². The van der Waals surface area contributed by atoms with Crippen LogP contribution < -0.4 is 4.90 Å². The molecule has 1 fully saturated rings. The van der Waals surface area contributed by atoms with Crippen molar-refractivity contribution in [3.63, 3.8) is 0 Å². The molecule has 1 N–H and O–H groups in total. The molecule has 112 valence electrons. The van der Waals surface area contributed by atoms with Gasteiger partial charge in [0.15, 0.2) is 5.65 Å². The molecular formula is C15H20N4O2. The van der Waals surface area contributed by atoms with Gasteiger partial charge >= 0.3 is 5.97 Å². The summed E-state index contributed by atoms with van der Waals surface area (Å²) in [6.45, 7) is 3.94. The van der Waals surface area contributed by atoms with Crippen LogP contribution in [0.2, 0.25) is 0 Å². The van der Waals surface area contributed by atoms with Gasteiger partial charge in [-0.05, 0) is 49.8 Å². The molecule has 0 radical (unpaired) electrons. The van der Waals surface area contributed by atoms with Gasteiger partial charge in [-0.1, -0.05) is 0 Å². The van der Waals surface area contributed by atoms with Crippen molar-refractivity contribution >= 4 is 17.4 Å². The average molecular weight is 288 g/mol. The molecule has 6 heteroatoms. The van der Waals surface area contributed by atoms with Crippen LogP contribution in [0.15, 0.2) is 18.5 Å². The van der Waals surface area contributed by atoms with E-state index in [4.69, 9.17) is 5.11 Å². The molecule has 0 spiro atoms. The number of aromatic nitrogens is 3. The average Bonchev–Trinajstić information content (AvgIpc) is 2.92. The molecule has 1 aliphatic heterocycles. The van der Waals surface area contributed by atoms with E-state index in [0.717, 1.165) is 49.4 Å². The fraction of sp³-hybridized carbons (Fsp3) is 0.533. The Morgan fingerprint density at radius 1 is 1.48 bits per heavy atom. The number of hydrogen-bond donors (Lipinski definition) is 1. The zero-order valence-electron chi connectivity index (χ0n) is 12.2. The molecule has 0 aromatic carbocycles. The number of anilines is 1. The lowest BCUT2D eigenvalue weighted by Gasteiger charge is -2.34. The zero-order chi connectivity index (χ0) is 14.8. The second-order valence-corrected chi connectivity index (χ2v) is 5.81. The third kappa shape index (κ3) is 2.99. The summed E-state index contributed by atoms with van der Waals surface area (Å²) in [7, 11) is 0. The number of carboxylic acid groups (broad SMARTS) is 1. The zero-order valence-corrected chi connectivity index (χ0v) is 12.2. The number of hydrogen-bond acceptors (Lipinski definition) is 4. The minimum atomic E-state index is -0.707. The standard InChI is InChI=1S/C15H20N4O2/c1-11-7-13-16-10-17-19(13)14(8-11)18-6-2-3-12(9-18)4-5-15(20)21/h7-8,10,12H,2-6,9H2,1H3,(H,20,21). The highest BCUT2D eigenvalue weighted by molar-refractivity contribution is 5.66. The van der Waals surface area contributed by atoms with Crippen molar-refractivity contribution in [1.82, 2.24) is 14.6 Å². The third-order valence-electron chi connectivity index (χ3n) is 4.11. The van der Waals surface area contributed by atoms with E-state index in [9.17, 15) is 4.79 Å². The van der Waals surface area contributed by atoms with E-state index in [-0.39, 0.29) is 6.42 Å². The summed E-state index contributed by atoms with van der Waals surface area (Å²) in [5, 5.41) is 13.1. The smallest absolute Gasteiger partial charge is 0.303 e. The monoisotopic (exact) mass is 288 g/mol. The number of piperidine rings is 1. The van der Waals surface area contributed by atoms with Gasteiger partial charge in [-0.2, -0.15) is 9.61 Å². The molecule has 2 aromatic rings. The number of rotatable bonds is 4. The van der Waals surface area contributed by atoms with Crippen molar-refractivity contribution in [3.8, 4) is 0 Å². The Kier molecular flexibility index (Phi) is 3.77. The second kappa shape index (κ2) is 5.71. The minimum Gasteiger partial charge on any atom is -0.481 e. The molecule has 0 amide bonds. The first-order valence-electron chi connectivity index (χ1n) is 7.40. The number of fused-ring (bicyclic) bond motifs is 1. The normalized spacial score (nSPS) is 19.1. The molecule has 1 aliphatic rings. The molecular weight excluding hydrogens is 268 g/mol. The minimum absolute atomic E-state index is 0.255. The summed E-state index contributed by atoms with van der Waals surface area (Å²) >= 11 is 0. The SMILES string of the molecule is Cc1cc(N2CCCC(CCC(=O)O)C2)n2ncnc2c1. The molecule has 1 saturated heterocycles.